The summed E-state index contributed by atoms with van der Waals surface area (Å²) in [5.74, 6) is -0.950. The van der Waals surface area contributed by atoms with E-state index in [-0.39, 0.29) is 40.9 Å². The number of carbonyl (C=O) groups excluding carboxylic acids is 3. The monoisotopic (exact) mass is 592 g/mol. The van der Waals surface area contributed by atoms with Crippen LogP contribution in [0, 0.1) is 0 Å². The molecule has 3 heterocycles. The molecular formula is C31H28N8O5. The number of benzene rings is 2. The summed E-state index contributed by atoms with van der Waals surface area (Å²) in [4.78, 5) is 71.8. The number of rotatable bonds is 8. The lowest BCUT2D eigenvalue weighted by atomic mass is 9.96. The van der Waals surface area contributed by atoms with E-state index in [1.807, 2.05) is 23.1 Å². The Morgan fingerprint density at radius 1 is 1.00 bits per heavy atom. The molecule has 13 heteroatoms. The van der Waals surface area contributed by atoms with Gasteiger partial charge in [0.15, 0.2) is 5.78 Å². The number of amides is 2. The van der Waals surface area contributed by atoms with Crippen LogP contribution < -0.4 is 32.1 Å². The van der Waals surface area contributed by atoms with Gasteiger partial charge < -0.3 is 21.3 Å². The summed E-state index contributed by atoms with van der Waals surface area (Å²) >= 11 is 0. The Bertz CT molecular complexity index is 2020. The molecule has 2 aromatic heterocycles. The lowest BCUT2D eigenvalue weighted by Gasteiger charge is -2.32. The molecule has 44 heavy (non-hydrogen) atoms. The molecule has 0 unspecified atom stereocenters. The molecule has 2 amide bonds. The zero-order valence-corrected chi connectivity index (χ0v) is 24.0. The predicted molar refractivity (Wildman–Crippen MR) is 161 cm³/mol. The molecule has 0 aliphatic carbocycles. The molecule has 222 valence electrons. The van der Waals surface area contributed by atoms with E-state index in [1.54, 1.807) is 31.2 Å². The van der Waals surface area contributed by atoms with Crippen LogP contribution >= 0.6 is 0 Å². The van der Waals surface area contributed by atoms with Gasteiger partial charge in [-0.2, -0.15) is 14.6 Å². The third-order valence-electron chi connectivity index (χ3n) is 7.86. The first-order valence-corrected chi connectivity index (χ1v) is 14.0. The molecule has 0 saturated heterocycles. The maximum Gasteiger partial charge on any atom is 0.270 e. The molecule has 13 nitrogen and oxygen atoms in total. The summed E-state index contributed by atoms with van der Waals surface area (Å²) in [5, 5.41) is 9.83. The topological polar surface area (TPSA) is 182 Å². The lowest BCUT2D eigenvalue weighted by molar-refractivity contribution is 0.0930. The molecule has 1 aliphatic heterocycles. The Balaban J connectivity index is 1.16. The van der Waals surface area contributed by atoms with Crippen LogP contribution in [0.25, 0.3) is 5.78 Å². The van der Waals surface area contributed by atoms with E-state index >= 15 is 0 Å². The van der Waals surface area contributed by atoms with Gasteiger partial charge >= 0.3 is 0 Å². The van der Waals surface area contributed by atoms with Crippen molar-refractivity contribution >= 4 is 34.8 Å². The first-order valence-electron chi connectivity index (χ1n) is 14.0. The fourth-order valence-electron chi connectivity index (χ4n) is 5.35. The van der Waals surface area contributed by atoms with Crippen molar-refractivity contribution in [2.45, 2.75) is 39.4 Å². The zero-order chi connectivity index (χ0) is 31.1. The van der Waals surface area contributed by atoms with E-state index in [2.05, 4.69) is 25.7 Å². The quantitative estimate of drug-likeness (QED) is 0.176. The number of hydrogen-bond donors (Lipinski definition) is 3. The fraction of sp³-hybridized carbons (Fsp3) is 0.226. The second-order valence-corrected chi connectivity index (χ2v) is 10.7. The van der Waals surface area contributed by atoms with Crippen molar-refractivity contribution in [1.82, 2.24) is 30.2 Å². The minimum Gasteiger partial charge on any atom is -0.394 e. The van der Waals surface area contributed by atoms with Crippen molar-refractivity contribution in [2.24, 2.45) is 0 Å². The van der Waals surface area contributed by atoms with Gasteiger partial charge in [-0.15, -0.1) is 0 Å². The Morgan fingerprint density at radius 3 is 2.50 bits per heavy atom. The number of carbonyl (C=O) groups is 3. The number of nitrogens with zero attached hydrogens (tertiary/aromatic N) is 5. The molecule has 0 bridgehead atoms. The van der Waals surface area contributed by atoms with Gasteiger partial charge in [0, 0.05) is 31.3 Å². The number of nitrogens with two attached hydrogens (primary N) is 1. The van der Waals surface area contributed by atoms with Crippen LogP contribution in [0.3, 0.4) is 0 Å². The minimum absolute atomic E-state index is 0.00448. The summed E-state index contributed by atoms with van der Waals surface area (Å²) in [5.41, 5.74) is 9.20. The molecule has 0 spiro atoms. The van der Waals surface area contributed by atoms with E-state index in [4.69, 9.17) is 5.73 Å². The summed E-state index contributed by atoms with van der Waals surface area (Å²) in [6, 6.07) is 13.8. The Kier molecular flexibility index (Phi) is 7.21. The van der Waals surface area contributed by atoms with Gasteiger partial charge in [-0.25, -0.2) is 4.98 Å². The number of hydrogen-bond acceptors (Lipinski definition) is 10. The highest BCUT2D eigenvalue weighted by molar-refractivity contribution is 5.98. The van der Waals surface area contributed by atoms with Crippen LogP contribution in [-0.2, 0) is 19.5 Å². The van der Waals surface area contributed by atoms with Gasteiger partial charge in [-0.1, -0.05) is 42.5 Å². The molecule has 1 aliphatic rings. The molecular weight excluding hydrogens is 564 g/mol. The maximum atomic E-state index is 13.3. The highest BCUT2D eigenvalue weighted by Gasteiger charge is 2.27. The van der Waals surface area contributed by atoms with Crippen LogP contribution in [-0.4, -0.2) is 43.7 Å². The fourth-order valence-corrected chi connectivity index (χ4v) is 5.35. The van der Waals surface area contributed by atoms with Crippen LogP contribution in [0.4, 0.5) is 11.4 Å². The standard InChI is InChI=1S/C31H28N8O5/c1-16(19-5-7-20(8-6-19)17(2)40)36-30(44)24-12-23(37-31-34-15-35-39(24)31)29(43)33-13-18-3-4-21-9-10-38(14-22(21)11-18)26-25(32)27(41)28(26)42/h3-8,11-12,15-16H,9-10,13-14,32H2,1-2H3,(H,33,43)(H,36,44)/t16-/m0/s1. The van der Waals surface area contributed by atoms with Gasteiger partial charge in [0.05, 0.1) is 6.04 Å². The van der Waals surface area contributed by atoms with Crippen molar-refractivity contribution < 1.29 is 14.4 Å². The average molecular weight is 593 g/mol. The number of nitrogen functional groups attached to an aromatic ring is 1. The zero-order valence-electron chi connectivity index (χ0n) is 24.0. The van der Waals surface area contributed by atoms with Gasteiger partial charge in [-0.3, -0.25) is 24.0 Å². The van der Waals surface area contributed by atoms with Crippen LogP contribution in [0.2, 0.25) is 0 Å². The van der Waals surface area contributed by atoms with E-state index < -0.39 is 28.7 Å². The maximum absolute atomic E-state index is 13.3. The summed E-state index contributed by atoms with van der Waals surface area (Å²) in [6.45, 7) is 4.48. The van der Waals surface area contributed by atoms with E-state index in [1.165, 1.54) is 23.8 Å². The molecule has 0 saturated carbocycles. The van der Waals surface area contributed by atoms with E-state index in [9.17, 15) is 24.0 Å². The van der Waals surface area contributed by atoms with Crippen molar-refractivity contribution in [1.29, 1.82) is 0 Å². The number of nitrogens with one attached hydrogen (secondary N) is 2. The molecule has 3 aromatic carbocycles. The normalized spacial score (nSPS) is 13.5. The number of anilines is 2. The molecule has 6 rings (SSSR count). The second kappa shape index (κ2) is 11.2. The number of ketones is 1. The van der Waals surface area contributed by atoms with Crippen molar-refractivity contribution in [3.05, 3.63) is 115 Å². The number of aromatic nitrogens is 4. The average Bonchev–Trinajstić information content (AvgIpc) is 3.51. The van der Waals surface area contributed by atoms with Gasteiger partial charge in [0.2, 0.25) is 0 Å². The summed E-state index contributed by atoms with van der Waals surface area (Å²) in [6.07, 6.45) is 1.94. The third kappa shape index (κ3) is 5.19. The van der Waals surface area contributed by atoms with E-state index in [0.717, 1.165) is 22.3 Å². The Morgan fingerprint density at radius 2 is 1.77 bits per heavy atom. The smallest absolute Gasteiger partial charge is 0.270 e. The molecule has 0 radical (unpaired) electrons. The number of fused-ring (bicyclic) bond motifs is 2. The molecule has 1 atom stereocenters. The largest absolute Gasteiger partial charge is 0.394 e. The highest BCUT2D eigenvalue weighted by atomic mass is 16.2. The van der Waals surface area contributed by atoms with Gasteiger partial charge in [0.1, 0.15) is 29.1 Å². The molecule has 4 N–H and O–H groups in total. The first kappa shape index (κ1) is 28.4. The number of Topliss-reactive ketones (excluding diaryl/α,β-unsaturated/α-hetero) is 1. The van der Waals surface area contributed by atoms with Crippen LogP contribution in [0.1, 0.15) is 73.5 Å². The molecule has 5 aromatic rings. The predicted octanol–water partition coefficient (Wildman–Crippen LogP) is 1.49. The molecule has 0 fully saturated rings. The third-order valence-corrected chi connectivity index (χ3v) is 7.86. The van der Waals surface area contributed by atoms with Crippen LogP contribution in [0.5, 0.6) is 0 Å². The Labute approximate surface area is 250 Å². The van der Waals surface area contributed by atoms with Crippen molar-refractivity contribution in [3.8, 4) is 0 Å². The first-order chi connectivity index (χ1) is 21.1. The summed E-state index contributed by atoms with van der Waals surface area (Å²) in [7, 11) is 0. The van der Waals surface area contributed by atoms with Gasteiger partial charge in [-0.05, 0) is 42.5 Å². The van der Waals surface area contributed by atoms with Crippen molar-refractivity contribution in [2.75, 3.05) is 17.2 Å². The van der Waals surface area contributed by atoms with E-state index in [0.29, 0.717) is 25.1 Å². The second-order valence-electron chi connectivity index (χ2n) is 10.7. The summed E-state index contributed by atoms with van der Waals surface area (Å²) < 4.78 is 1.26. The Hall–Kier alpha value is -5.72. The van der Waals surface area contributed by atoms with Gasteiger partial charge in [0.25, 0.3) is 28.4 Å². The highest BCUT2D eigenvalue weighted by Crippen LogP contribution is 2.26. The van der Waals surface area contributed by atoms with Crippen molar-refractivity contribution in [3.63, 3.8) is 0 Å². The lowest BCUT2D eigenvalue weighted by Crippen LogP contribution is -2.44. The minimum atomic E-state index is -0.643. The SMILES string of the molecule is CC(=O)c1ccc([C@H](C)NC(=O)c2cc(C(=O)NCc3ccc4c(c3)CN(c3c(N)c(=O)c3=O)CC4)nc3ncnn23)cc1. The van der Waals surface area contributed by atoms with Crippen LogP contribution in [0.15, 0.2) is 64.4 Å².